The third-order valence-electron chi connectivity index (χ3n) is 3.33. The largest absolute Gasteiger partial charge is 0.480 e. The zero-order chi connectivity index (χ0) is 15.4. The minimum Gasteiger partial charge on any atom is -0.480 e. The molecule has 5 nitrogen and oxygen atoms in total. The molecule has 1 fully saturated rings. The number of rotatable bonds is 4. The first-order valence-electron chi connectivity index (χ1n) is 6.55. The van der Waals surface area contributed by atoms with Crippen LogP contribution in [0.1, 0.15) is 23.2 Å². The molecule has 0 radical (unpaired) electrons. The van der Waals surface area contributed by atoms with E-state index in [4.69, 9.17) is 9.84 Å². The van der Waals surface area contributed by atoms with Gasteiger partial charge in [-0.05, 0) is 47.0 Å². The van der Waals surface area contributed by atoms with E-state index in [0.717, 1.165) is 0 Å². The summed E-state index contributed by atoms with van der Waals surface area (Å²) in [5.41, 5.74) is 0.418. The highest BCUT2D eigenvalue weighted by molar-refractivity contribution is 9.10. The molecular weight excluding hydrogens is 345 g/mol. The molecule has 0 spiro atoms. The first-order chi connectivity index (χ1) is 9.97. The van der Waals surface area contributed by atoms with Crippen LogP contribution in [0.3, 0.4) is 0 Å². The van der Waals surface area contributed by atoms with Crippen molar-refractivity contribution in [1.82, 2.24) is 4.90 Å². The molecule has 1 aliphatic rings. The van der Waals surface area contributed by atoms with Crippen molar-refractivity contribution in [2.75, 3.05) is 19.7 Å². The number of piperidine rings is 1. The van der Waals surface area contributed by atoms with Gasteiger partial charge < -0.3 is 14.7 Å². The van der Waals surface area contributed by atoms with Gasteiger partial charge in [-0.25, -0.2) is 9.18 Å². The van der Waals surface area contributed by atoms with Crippen molar-refractivity contribution in [2.24, 2.45) is 0 Å². The molecule has 1 N–H and O–H groups in total. The Bertz CT molecular complexity index is 544. The van der Waals surface area contributed by atoms with Crippen LogP contribution in [0, 0.1) is 5.82 Å². The van der Waals surface area contributed by atoms with Gasteiger partial charge in [-0.3, -0.25) is 4.79 Å². The lowest BCUT2D eigenvalue weighted by atomic mass is 10.1. The molecule has 1 aromatic carbocycles. The Hall–Kier alpha value is -1.47. The number of carboxylic acid groups (broad SMARTS) is 1. The number of hydrogen-bond acceptors (Lipinski definition) is 3. The van der Waals surface area contributed by atoms with Gasteiger partial charge in [-0.1, -0.05) is 0 Å². The van der Waals surface area contributed by atoms with E-state index in [2.05, 4.69) is 15.9 Å². The second-order valence-corrected chi connectivity index (χ2v) is 5.67. The van der Waals surface area contributed by atoms with E-state index in [-0.39, 0.29) is 18.6 Å². The summed E-state index contributed by atoms with van der Waals surface area (Å²) in [6, 6.07) is 3.96. The SMILES string of the molecule is O=C(O)COC1CCN(C(=O)c2ccc(F)cc2Br)CC1. The average molecular weight is 360 g/mol. The average Bonchev–Trinajstić information content (AvgIpc) is 2.45. The minimum atomic E-state index is -0.997. The Morgan fingerprint density at radius 2 is 2.05 bits per heavy atom. The van der Waals surface area contributed by atoms with Crippen LogP contribution in [-0.2, 0) is 9.53 Å². The number of halogens is 2. The molecule has 1 saturated heterocycles. The number of carbonyl (C=O) groups excluding carboxylic acids is 1. The monoisotopic (exact) mass is 359 g/mol. The van der Waals surface area contributed by atoms with Gasteiger partial charge in [0.1, 0.15) is 12.4 Å². The zero-order valence-electron chi connectivity index (χ0n) is 11.2. The maximum Gasteiger partial charge on any atom is 0.329 e. The van der Waals surface area contributed by atoms with Crippen LogP contribution in [0.4, 0.5) is 4.39 Å². The van der Waals surface area contributed by atoms with E-state index in [9.17, 15) is 14.0 Å². The first-order valence-corrected chi connectivity index (χ1v) is 7.34. The summed E-state index contributed by atoms with van der Waals surface area (Å²) in [6.45, 7) is 0.669. The van der Waals surface area contributed by atoms with Crippen LogP contribution in [0.5, 0.6) is 0 Å². The summed E-state index contributed by atoms with van der Waals surface area (Å²) in [5, 5.41) is 8.56. The Balaban J connectivity index is 1.92. The molecule has 1 heterocycles. The van der Waals surface area contributed by atoms with Crippen LogP contribution in [0.15, 0.2) is 22.7 Å². The Morgan fingerprint density at radius 3 is 2.62 bits per heavy atom. The van der Waals surface area contributed by atoms with E-state index >= 15 is 0 Å². The topological polar surface area (TPSA) is 66.8 Å². The van der Waals surface area contributed by atoms with Gasteiger partial charge in [-0.15, -0.1) is 0 Å². The van der Waals surface area contributed by atoms with Gasteiger partial charge in [0.15, 0.2) is 0 Å². The third kappa shape index (κ3) is 4.25. The van der Waals surface area contributed by atoms with E-state index in [1.54, 1.807) is 4.90 Å². The lowest BCUT2D eigenvalue weighted by Gasteiger charge is -2.31. The number of ether oxygens (including phenoxy) is 1. The first kappa shape index (κ1) is 15.9. The van der Waals surface area contributed by atoms with Crippen LogP contribution in [0.25, 0.3) is 0 Å². The van der Waals surface area contributed by atoms with Crippen LogP contribution >= 0.6 is 15.9 Å². The van der Waals surface area contributed by atoms with Crippen molar-refractivity contribution >= 4 is 27.8 Å². The zero-order valence-corrected chi connectivity index (χ0v) is 12.8. The van der Waals surface area contributed by atoms with Crippen molar-refractivity contribution in [3.8, 4) is 0 Å². The molecule has 114 valence electrons. The summed E-state index contributed by atoms with van der Waals surface area (Å²) >= 11 is 3.19. The summed E-state index contributed by atoms with van der Waals surface area (Å²) < 4.78 is 18.7. The fourth-order valence-electron chi connectivity index (χ4n) is 2.25. The second kappa shape index (κ2) is 7.00. The van der Waals surface area contributed by atoms with Gasteiger partial charge in [-0.2, -0.15) is 0 Å². The fourth-order valence-corrected chi connectivity index (χ4v) is 2.77. The Labute approximate surface area is 129 Å². The van der Waals surface area contributed by atoms with Crippen molar-refractivity contribution in [1.29, 1.82) is 0 Å². The summed E-state index contributed by atoms with van der Waals surface area (Å²) in [7, 11) is 0. The molecule has 7 heteroatoms. The van der Waals surface area contributed by atoms with Gasteiger partial charge in [0.25, 0.3) is 5.91 Å². The molecule has 0 aliphatic carbocycles. The fraction of sp³-hybridized carbons (Fsp3) is 0.429. The number of aliphatic carboxylic acids is 1. The smallest absolute Gasteiger partial charge is 0.329 e. The standard InChI is InChI=1S/C14H15BrFNO4/c15-12-7-9(16)1-2-11(12)14(20)17-5-3-10(4-6-17)21-8-13(18)19/h1-2,7,10H,3-6,8H2,(H,18,19). The molecule has 0 aromatic heterocycles. The normalized spacial score (nSPS) is 16.0. The molecule has 0 unspecified atom stereocenters. The molecule has 1 aromatic rings. The number of hydrogen-bond donors (Lipinski definition) is 1. The van der Waals surface area contributed by atoms with Crippen molar-refractivity contribution in [3.05, 3.63) is 34.1 Å². The lowest BCUT2D eigenvalue weighted by Crippen LogP contribution is -2.41. The molecule has 21 heavy (non-hydrogen) atoms. The van der Waals surface area contributed by atoms with Crippen molar-refractivity contribution < 1.29 is 23.8 Å². The minimum absolute atomic E-state index is 0.137. The quantitative estimate of drug-likeness (QED) is 0.895. The molecule has 1 aliphatic heterocycles. The predicted molar refractivity (Wildman–Crippen MR) is 76.6 cm³/mol. The Morgan fingerprint density at radius 1 is 1.38 bits per heavy atom. The molecule has 2 rings (SSSR count). The van der Waals surface area contributed by atoms with Crippen LogP contribution in [0.2, 0.25) is 0 Å². The van der Waals surface area contributed by atoms with Crippen molar-refractivity contribution in [3.63, 3.8) is 0 Å². The van der Waals surface area contributed by atoms with Crippen molar-refractivity contribution in [2.45, 2.75) is 18.9 Å². The number of carboxylic acids is 1. The number of likely N-dealkylation sites (tertiary alicyclic amines) is 1. The van der Waals surface area contributed by atoms with E-state index in [1.165, 1.54) is 18.2 Å². The van der Waals surface area contributed by atoms with Crippen LogP contribution in [-0.4, -0.2) is 47.7 Å². The molecule has 0 saturated carbocycles. The van der Waals surface area contributed by atoms with Crippen LogP contribution < -0.4 is 0 Å². The summed E-state index contributed by atoms with van der Waals surface area (Å²) in [6.07, 6.45) is 1.05. The summed E-state index contributed by atoms with van der Waals surface area (Å²) in [5.74, 6) is -1.57. The highest BCUT2D eigenvalue weighted by atomic mass is 79.9. The number of carbonyl (C=O) groups is 2. The highest BCUT2D eigenvalue weighted by Crippen LogP contribution is 2.22. The number of nitrogens with zero attached hydrogens (tertiary/aromatic N) is 1. The molecule has 0 atom stereocenters. The lowest BCUT2D eigenvalue weighted by molar-refractivity contribution is -0.145. The van der Waals surface area contributed by atoms with Gasteiger partial charge in [0.2, 0.25) is 0 Å². The van der Waals surface area contributed by atoms with Gasteiger partial charge in [0.05, 0.1) is 11.7 Å². The molecular formula is C14H15BrFNO4. The van der Waals surface area contributed by atoms with E-state index < -0.39 is 11.8 Å². The van der Waals surface area contributed by atoms with Gasteiger partial charge in [0, 0.05) is 17.6 Å². The second-order valence-electron chi connectivity index (χ2n) is 4.82. The Kier molecular flexibility index (Phi) is 5.30. The molecule has 1 amide bonds. The summed E-state index contributed by atoms with van der Waals surface area (Å²) in [4.78, 5) is 24.4. The van der Waals surface area contributed by atoms with E-state index in [0.29, 0.717) is 36.0 Å². The molecule has 0 bridgehead atoms. The maximum absolute atomic E-state index is 13.0. The van der Waals surface area contributed by atoms with E-state index in [1.807, 2.05) is 0 Å². The number of amides is 1. The highest BCUT2D eigenvalue weighted by Gasteiger charge is 2.25. The maximum atomic E-state index is 13.0. The van der Waals surface area contributed by atoms with Gasteiger partial charge >= 0.3 is 5.97 Å². The predicted octanol–water partition coefficient (Wildman–Crippen LogP) is 2.29. The number of benzene rings is 1. The third-order valence-corrected chi connectivity index (χ3v) is 3.99.